The van der Waals surface area contributed by atoms with Crippen molar-refractivity contribution < 1.29 is 4.79 Å². The van der Waals surface area contributed by atoms with Crippen LogP contribution in [-0.2, 0) is 4.79 Å². The molecule has 102 valence electrons. The number of amides is 1. The van der Waals surface area contributed by atoms with Gasteiger partial charge in [-0.05, 0) is 19.4 Å². The number of carbonyl (C=O) groups is 1. The predicted octanol–water partition coefficient (Wildman–Crippen LogP) is 3.11. The maximum atomic E-state index is 11.9. The van der Waals surface area contributed by atoms with Crippen LogP contribution in [0.1, 0.15) is 25.8 Å². The molecule has 19 heavy (non-hydrogen) atoms. The predicted molar refractivity (Wildman–Crippen MR) is 84.7 cm³/mol. The van der Waals surface area contributed by atoms with Crippen LogP contribution in [-0.4, -0.2) is 27.2 Å². The van der Waals surface area contributed by atoms with E-state index in [1.54, 1.807) is 0 Å². The molecule has 5 heteroatoms. The Morgan fingerprint density at radius 3 is 2.58 bits per heavy atom. The van der Waals surface area contributed by atoms with E-state index in [9.17, 15) is 4.79 Å². The molecule has 0 radical (unpaired) electrons. The second-order valence-corrected chi connectivity index (χ2v) is 8.06. The van der Waals surface area contributed by atoms with E-state index in [0.29, 0.717) is 6.42 Å². The summed E-state index contributed by atoms with van der Waals surface area (Å²) in [4.78, 5) is 11.9. The Bertz CT molecular complexity index is 468. The molecule has 1 amide bonds. The van der Waals surface area contributed by atoms with Crippen molar-refractivity contribution in [3.05, 3.63) is 35.9 Å². The minimum atomic E-state index is -0.0142. The lowest BCUT2D eigenvalue weighted by Gasteiger charge is -2.19. The lowest BCUT2D eigenvalue weighted by molar-refractivity contribution is -0.121. The monoisotopic (exact) mass is 294 g/mol. The van der Waals surface area contributed by atoms with Crippen molar-refractivity contribution in [2.24, 2.45) is 5.10 Å². The summed E-state index contributed by atoms with van der Waals surface area (Å²) >= 11 is 3.71. The number of hydrogen-bond donors (Lipinski definition) is 1. The fourth-order valence-electron chi connectivity index (χ4n) is 1.88. The molecule has 0 saturated carbocycles. The number of hydrazone groups is 1. The highest BCUT2D eigenvalue weighted by Crippen LogP contribution is 2.45. The number of hydrogen-bond acceptors (Lipinski definition) is 4. The number of nitrogens with zero attached hydrogens (tertiary/aromatic N) is 1. The lowest BCUT2D eigenvalue weighted by atomic mass is 10.1. The molecule has 1 aromatic rings. The quantitative estimate of drug-likeness (QED) is 0.685. The zero-order chi connectivity index (χ0) is 13.7. The molecule has 1 N–H and O–H groups in total. The molecular formula is C14H18N2OS2. The van der Waals surface area contributed by atoms with E-state index in [4.69, 9.17) is 0 Å². The minimum absolute atomic E-state index is 0.0141. The Morgan fingerprint density at radius 2 is 1.95 bits per heavy atom. The van der Waals surface area contributed by atoms with E-state index in [-0.39, 0.29) is 9.99 Å². The van der Waals surface area contributed by atoms with E-state index < -0.39 is 0 Å². The molecular weight excluding hydrogens is 276 g/mol. The van der Waals surface area contributed by atoms with Gasteiger partial charge in [-0.25, -0.2) is 5.43 Å². The van der Waals surface area contributed by atoms with Crippen LogP contribution in [0, 0.1) is 0 Å². The van der Waals surface area contributed by atoms with Crippen molar-refractivity contribution >= 4 is 35.1 Å². The first-order valence-electron chi connectivity index (χ1n) is 6.25. The maximum Gasteiger partial charge on any atom is 0.242 e. The number of nitrogens with one attached hydrogen (secondary N) is 1. The van der Waals surface area contributed by atoms with Gasteiger partial charge in [-0.3, -0.25) is 4.79 Å². The highest BCUT2D eigenvalue weighted by molar-refractivity contribution is 8.21. The first-order chi connectivity index (χ1) is 9.09. The topological polar surface area (TPSA) is 41.5 Å². The average Bonchev–Trinajstić information content (AvgIpc) is 2.83. The second kappa shape index (κ2) is 6.48. The maximum absolute atomic E-state index is 11.9. The molecule has 1 heterocycles. The van der Waals surface area contributed by atoms with Gasteiger partial charge in [0.05, 0.1) is 16.2 Å². The van der Waals surface area contributed by atoms with Crippen LogP contribution in [0.2, 0.25) is 0 Å². The van der Waals surface area contributed by atoms with Gasteiger partial charge in [-0.1, -0.05) is 30.3 Å². The summed E-state index contributed by atoms with van der Waals surface area (Å²) in [5.41, 5.74) is 4.51. The molecule has 0 spiro atoms. The zero-order valence-electron chi connectivity index (χ0n) is 11.2. The van der Waals surface area contributed by atoms with E-state index in [1.807, 2.05) is 60.8 Å². The van der Waals surface area contributed by atoms with Crippen LogP contribution in [0.3, 0.4) is 0 Å². The third kappa shape index (κ3) is 4.28. The van der Waals surface area contributed by atoms with Crippen LogP contribution < -0.4 is 5.43 Å². The molecule has 0 unspecified atom stereocenters. The molecule has 2 rings (SSSR count). The van der Waals surface area contributed by atoms with Gasteiger partial charge in [-0.15, -0.1) is 23.5 Å². The average molecular weight is 294 g/mol. The van der Waals surface area contributed by atoms with Gasteiger partial charge in [0.15, 0.2) is 0 Å². The Morgan fingerprint density at radius 1 is 1.32 bits per heavy atom. The Labute approximate surface area is 122 Å². The largest absolute Gasteiger partial charge is 0.273 e. The Hall–Kier alpha value is -0.940. The standard InChI is InChI=1S/C14H18N2OS2/c1-11(12-6-4-3-5-7-12)15-16-13(17)10-14(2)18-8-9-19-14/h3-7H,8-10H2,1-2H3,(H,16,17)/b15-11+. The normalized spacial score (nSPS) is 18.3. The van der Waals surface area contributed by atoms with E-state index in [1.165, 1.54) is 0 Å². The summed E-state index contributed by atoms with van der Waals surface area (Å²) in [6.45, 7) is 4.03. The molecule has 0 aromatic heterocycles. The molecule has 1 aromatic carbocycles. The van der Waals surface area contributed by atoms with Gasteiger partial charge in [0.2, 0.25) is 5.91 Å². The van der Waals surface area contributed by atoms with Crippen molar-refractivity contribution in [1.82, 2.24) is 5.43 Å². The van der Waals surface area contributed by atoms with E-state index >= 15 is 0 Å². The van der Waals surface area contributed by atoms with Gasteiger partial charge in [0, 0.05) is 11.5 Å². The molecule has 1 fully saturated rings. The van der Waals surface area contributed by atoms with Gasteiger partial charge in [0.25, 0.3) is 0 Å². The molecule has 3 nitrogen and oxygen atoms in total. The third-order valence-electron chi connectivity index (χ3n) is 2.92. The summed E-state index contributed by atoms with van der Waals surface area (Å²) in [6, 6.07) is 9.85. The van der Waals surface area contributed by atoms with Crippen molar-refractivity contribution in [1.29, 1.82) is 0 Å². The van der Waals surface area contributed by atoms with Crippen molar-refractivity contribution in [3.63, 3.8) is 0 Å². The number of benzene rings is 1. The van der Waals surface area contributed by atoms with Gasteiger partial charge in [-0.2, -0.15) is 5.10 Å². The molecule has 0 bridgehead atoms. The molecule has 0 aliphatic carbocycles. The van der Waals surface area contributed by atoms with Crippen LogP contribution >= 0.6 is 23.5 Å². The fourth-order valence-corrected chi connectivity index (χ4v) is 4.71. The second-order valence-electron chi connectivity index (χ2n) is 4.61. The van der Waals surface area contributed by atoms with Crippen LogP contribution in [0.5, 0.6) is 0 Å². The SMILES string of the molecule is C/C(=N\NC(=O)CC1(C)SCCS1)c1ccccc1. The summed E-state index contributed by atoms with van der Waals surface area (Å²) in [6.07, 6.45) is 0.508. The van der Waals surface area contributed by atoms with Gasteiger partial charge >= 0.3 is 0 Å². The molecule has 1 aliphatic rings. The Balaban J connectivity index is 1.89. The summed E-state index contributed by atoms with van der Waals surface area (Å²) in [5.74, 6) is 2.24. The summed E-state index contributed by atoms with van der Waals surface area (Å²) in [7, 11) is 0. The van der Waals surface area contributed by atoms with Crippen LogP contribution in [0.4, 0.5) is 0 Å². The first kappa shape index (κ1) is 14.5. The Kier molecular flexibility index (Phi) is 4.93. The van der Waals surface area contributed by atoms with Gasteiger partial charge in [0.1, 0.15) is 0 Å². The van der Waals surface area contributed by atoms with Crippen molar-refractivity contribution in [3.8, 4) is 0 Å². The summed E-state index contributed by atoms with van der Waals surface area (Å²) in [5, 5.41) is 4.17. The van der Waals surface area contributed by atoms with Crippen molar-refractivity contribution in [2.45, 2.75) is 24.3 Å². The summed E-state index contributed by atoms with van der Waals surface area (Å²) < 4.78 is 0.0141. The number of carbonyl (C=O) groups excluding carboxylic acids is 1. The van der Waals surface area contributed by atoms with Crippen LogP contribution in [0.25, 0.3) is 0 Å². The lowest BCUT2D eigenvalue weighted by Crippen LogP contribution is -2.26. The smallest absolute Gasteiger partial charge is 0.242 e. The highest BCUT2D eigenvalue weighted by atomic mass is 32.2. The number of rotatable bonds is 4. The number of thioether (sulfide) groups is 2. The third-order valence-corrected chi connectivity index (χ3v) is 6.21. The zero-order valence-corrected chi connectivity index (χ0v) is 12.8. The minimum Gasteiger partial charge on any atom is -0.273 e. The molecule has 1 saturated heterocycles. The molecule has 0 atom stereocenters. The highest BCUT2D eigenvalue weighted by Gasteiger charge is 2.32. The van der Waals surface area contributed by atoms with E-state index in [0.717, 1.165) is 22.8 Å². The van der Waals surface area contributed by atoms with Crippen molar-refractivity contribution in [2.75, 3.05) is 11.5 Å². The van der Waals surface area contributed by atoms with E-state index in [2.05, 4.69) is 17.5 Å². The van der Waals surface area contributed by atoms with Gasteiger partial charge < -0.3 is 0 Å². The fraction of sp³-hybridized carbons (Fsp3) is 0.429. The first-order valence-corrected chi connectivity index (χ1v) is 8.23. The van der Waals surface area contributed by atoms with Crippen LogP contribution in [0.15, 0.2) is 35.4 Å². The molecule has 1 aliphatic heterocycles.